The minimum Gasteiger partial charge on any atom is -0.379 e. The maximum Gasteiger partial charge on any atom is 0.236 e. The highest BCUT2D eigenvalue weighted by molar-refractivity contribution is 5.11. The number of rotatable bonds is 4. The largest absolute Gasteiger partial charge is 0.379 e. The van der Waals surface area contributed by atoms with E-state index in [0.29, 0.717) is 19.1 Å². The van der Waals surface area contributed by atoms with Gasteiger partial charge in [0.1, 0.15) is 0 Å². The van der Waals surface area contributed by atoms with Gasteiger partial charge in [0.25, 0.3) is 0 Å². The normalized spacial score (nSPS) is 29.1. The zero-order valence-electron chi connectivity index (χ0n) is 10.6. The van der Waals surface area contributed by atoms with Crippen LogP contribution in [0.4, 0.5) is 0 Å². The van der Waals surface area contributed by atoms with Gasteiger partial charge in [-0.1, -0.05) is 5.16 Å². The molecule has 2 unspecified atom stereocenters. The Morgan fingerprint density at radius 3 is 2.88 bits per heavy atom. The Morgan fingerprint density at radius 1 is 1.53 bits per heavy atom. The molecule has 6 heteroatoms. The smallest absolute Gasteiger partial charge is 0.236 e. The van der Waals surface area contributed by atoms with Gasteiger partial charge >= 0.3 is 0 Å². The van der Waals surface area contributed by atoms with E-state index in [-0.39, 0.29) is 11.5 Å². The average molecular weight is 240 g/mol. The molecule has 1 aliphatic heterocycles. The first-order valence-corrected chi connectivity index (χ1v) is 5.83. The first-order valence-electron chi connectivity index (χ1n) is 5.83. The Bertz CT molecular complexity index is 379. The van der Waals surface area contributed by atoms with Crippen molar-refractivity contribution in [1.82, 2.24) is 15.0 Å². The molecule has 2 heterocycles. The molecular weight excluding hydrogens is 220 g/mol. The van der Waals surface area contributed by atoms with Crippen LogP contribution in [0.5, 0.6) is 0 Å². The zero-order valence-corrected chi connectivity index (χ0v) is 10.6. The summed E-state index contributed by atoms with van der Waals surface area (Å²) in [6.45, 7) is 4.00. The van der Waals surface area contributed by atoms with Crippen molar-refractivity contribution in [2.75, 3.05) is 33.9 Å². The monoisotopic (exact) mass is 240 g/mol. The van der Waals surface area contributed by atoms with Gasteiger partial charge in [0.15, 0.2) is 5.82 Å². The predicted octanol–water partition coefficient (Wildman–Crippen LogP) is -0.211. The van der Waals surface area contributed by atoms with Gasteiger partial charge in [-0.25, -0.2) is 0 Å². The van der Waals surface area contributed by atoms with E-state index in [0.717, 1.165) is 18.8 Å². The summed E-state index contributed by atoms with van der Waals surface area (Å²) in [7, 11) is 4.03. The molecule has 2 atom stereocenters. The van der Waals surface area contributed by atoms with Crippen LogP contribution in [-0.2, 0) is 16.6 Å². The van der Waals surface area contributed by atoms with Crippen molar-refractivity contribution in [1.29, 1.82) is 0 Å². The molecule has 1 saturated heterocycles. The standard InChI is InChI=1S/C11H20N4O2/c1-11(7-16-6-8(11)12)10-13-9(14-17-10)4-5-15(2)3/h8H,4-7,12H2,1-3H3. The van der Waals surface area contributed by atoms with Gasteiger partial charge in [-0.3, -0.25) is 0 Å². The molecular formula is C11H20N4O2. The molecule has 2 rings (SSSR count). The summed E-state index contributed by atoms with van der Waals surface area (Å²) in [4.78, 5) is 6.51. The molecule has 6 nitrogen and oxygen atoms in total. The third kappa shape index (κ3) is 2.48. The predicted molar refractivity (Wildman–Crippen MR) is 62.7 cm³/mol. The van der Waals surface area contributed by atoms with E-state index in [1.165, 1.54) is 0 Å². The van der Waals surface area contributed by atoms with E-state index < -0.39 is 0 Å². The van der Waals surface area contributed by atoms with Gasteiger partial charge in [0, 0.05) is 19.0 Å². The topological polar surface area (TPSA) is 77.4 Å². The fourth-order valence-electron chi connectivity index (χ4n) is 1.82. The average Bonchev–Trinajstić information content (AvgIpc) is 2.85. The Labute approximate surface area is 101 Å². The number of ether oxygens (including phenoxy) is 1. The first-order chi connectivity index (χ1) is 8.02. The van der Waals surface area contributed by atoms with Gasteiger partial charge in [-0.2, -0.15) is 4.98 Å². The lowest BCUT2D eigenvalue weighted by Gasteiger charge is -2.21. The molecule has 1 fully saturated rings. The van der Waals surface area contributed by atoms with Crippen LogP contribution in [0.15, 0.2) is 4.52 Å². The SMILES string of the molecule is CN(C)CCc1noc(C2(C)COCC2N)n1. The molecule has 1 aromatic heterocycles. The molecule has 0 aliphatic carbocycles. The van der Waals surface area contributed by atoms with Gasteiger partial charge in [-0.15, -0.1) is 0 Å². The number of likely N-dealkylation sites (N-methyl/N-ethyl adjacent to an activating group) is 1. The van der Waals surface area contributed by atoms with Crippen LogP contribution in [0.2, 0.25) is 0 Å². The Kier molecular flexibility index (Phi) is 3.46. The third-order valence-electron chi connectivity index (χ3n) is 3.26. The molecule has 0 bridgehead atoms. The van der Waals surface area contributed by atoms with Crippen LogP contribution in [-0.4, -0.2) is 54.9 Å². The van der Waals surface area contributed by atoms with Crippen LogP contribution < -0.4 is 5.73 Å². The van der Waals surface area contributed by atoms with Crippen molar-refractivity contribution in [3.63, 3.8) is 0 Å². The molecule has 0 radical (unpaired) electrons. The van der Waals surface area contributed by atoms with E-state index in [1.54, 1.807) is 0 Å². The first kappa shape index (κ1) is 12.5. The summed E-state index contributed by atoms with van der Waals surface area (Å²) in [6, 6.07) is -0.0790. The van der Waals surface area contributed by atoms with Crippen LogP contribution >= 0.6 is 0 Å². The van der Waals surface area contributed by atoms with Gasteiger partial charge in [0.05, 0.1) is 18.6 Å². The van der Waals surface area contributed by atoms with Crippen molar-refractivity contribution in [2.45, 2.75) is 24.8 Å². The highest BCUT2D eigenvalue weighted by Crippen LogP contribution is 2.30. The van der Waals surface area contributed by atoms with E-state index in [4.69, 9.17) is 15.0 Å². The van der Waals surface area contributed by atoms with Crippen molar-refractivity contribution in [3.8, 4) is 0 Å². The lowest BCUT2D eigenvalue weighted by Crippen LogP contribution is -2.42. The molecule has 0 saturated carbocycles. The fourth-order valence-corrected chi connectivity index (χ4v) is 1.82. The number of aromatic nitrogens is 2. The van der Waals surface area contributed by atoms with Crippen molar-refractivity contribution >= 4 is 0 Å². The lowest BCUT2D eigenvalue weighted by molar-refractivity contribution is 0.169. The van der Waals surface area contributed by atoms with Crippen molar-refractivity contribution in [2.24, 2.45) is 5.73 Å². The maximum atomic E-state index is 6.02. The quantitative estimate of drug-likeness (QED) is 0.784. The summed E-state index contributed by atoms with van der Waals surface area (Å²) in [5.41, 5.74) is 5.67. The minimum absolute atomic E-state index is 0.0790. The highest BCUT2D eigenvalue weighted by Gasteiger charge is 2.44. The lowest BCUT2D eigenvalue weighted by atomic mass is 9.86. The Hall–Kier alpha value is -0.980. The number of hydrogen-bond acceptors (Lipinski definition) is 6. The second-order valence-corrected chi connectivity index (χ2v) is 5.11. The third-order valence-corrected chi connectivity index (χ3v) is 3.26. The van der Waals surface area contributed by atoms with Gasteiger partial charge in [0.2, 0.25) is 5.89 Å². The van der Waals surface area contributed by atoms with Crippen molar-refractivity contribution in [3.05, 3.63) is 11.7 Å². The number of hydrogen-bond donors (Lipinski definition) is 1. The Morgan fingerprint density at radius 2 is 2.29 bits per heavy atom. The second-order valence-electron chi connectivity index (χ2n) is 5.11. The molecule has 96 valence electrons. The van der Waals surface area contributed by atoms with Gasteiger partial charge < -0.3 is 19.9 Å². The molecule has 17 heavy (non-hydrogen) atoms. The van der Waals surface area contributed by atoms with Crippen LogP contribution in [0, 0.1) is 0 Å². The molecule has 0 aromatic carbocycles. The van der Waals surface area contributed by atoms with E-state index in [9.17, 15) is 0 Å². The van der Waals surface area contributed by atoms with Crippen LogP contribution in [0.3, 0.4) is 0 Å². The van der Waals surface area contributed by atoms with E-state index in [1.807, 2.05) is 21.0 Å². The Balaban J connectivity index is 2.07. The van der Waals surface area contributed by atoms with E-state index >= 15 is 0 Å². The molecule has 2 N–H and O–H groups in total. The van der Waals surface area contributed by atoms with Crippen molar-refractivity contribution < 1.29 is 9.26 Å². The number of nitrogens with two attached hydrogens (primary N) is 1. The summed E-state index contributed by atoms with van der Waals surface area (Å²) in [5.74, 6) is 1.32. The summed E-state index contributed by atoms with van der Waals surface area (Å²) in [6.07, 6.45) is 0.780. The number of nitrogens with zero attached hydrogens (tertiary/aromatic N) is 3. The molecule has 1 aromatic rings. The summed E-state index contributed by atoms with van der Waals surface area (Å²) in [5, 5.41) is 3.99. The van der Waals surface area contributed by atoms with Gasteiger partial charge in [-0.05, 0) is 21.0 Å². The highest BCUT2D eigenvalue weighted by atomic mass is 16.5. The summed E-state index contributed by atoms with van der Waals surface area (Å²) >= 11 is 0. The van der Waals surface area contributed by atoms with Crippen LogP contribution in [0.1, 0.15) is 18.6 Å². The zero-order chi connectivity index (χ0) is 12.5. The molecule has 0 spiro atoms. The fraction of sp³-hybridized carbons (Fsp3) is 0.818. The second kappa shape index (κ2) is 4.72. The maximum absolute atomic E-state index is 6.02. The van der Waals surface area contributed by atoms with Crippen LogP contribution in [0.25, 0.3) is 0 Å². The molecule has 1 aliphatic rings. The minimum atomic E-state index is -0.344. The summed E-state index contributed by atoms with van der Waals surface area (Å²) < 4.78 is 10.7. The van der Waals surface area contributed by atoms with E-state index in [2.05, 4.69) is 15.0 Å². The molecule has 0 amide bonds.